The third-order valence-corrected chi connectivity index (χ3v) is 4.09. The fourth-order valence-electron chi connectivity index (χ4n) is 2.70. The molecule has 5 heteroatoms. The Morgan fingerprint density at radius 2 is 1.56 bits per heavy atom. The van der Waals surface area contributed by atoms with Crippen LogP contribution in [0.15, 0.2) is 54.6 Å². The Labute approximate surface area is 148 Å². The topological polar surface area (TPSA) is 51.2 Å². The molecule has 25 heavy (non-hydrogen) atoms. The molecule has 5 nitrogen and oxygen atoms in total. The van der Waals surface area contributed by atoms with Crippen LogP contribution in [0, 0.1) is 0 Å². The molecular weight excluding hydrogens is 318 g/mol. The van der Waals surface area contributed by atoms with Crippen molar-refractivity contribution in [2.45, 2.75) is 12.7 Å². The number of hydrogen-bond donors (Lipinski definition) is 1. The molecule has 0 radical (unpaired) electrons. The summed E-state index contributed by atoms with van der Waals surface area (Å²) >= 11 is 0. The van der Waals surface area contributed by atoms with Gasteiger partial charge in [0.15, 0.2) is 0 Å². The first-order valence-corrected chi connectivity index (χ1v) is 8.67. The minimum absolute atomic E-state index is 0.279. The molecule has 3 rings (SSSR count). The molecule has 0 aromatic heterocycles. The Morgan fingerprint density at radius 3 is 2.24 bits per heavy atom. The molecule has 1 atom stereocenters. The molecular formula is C20H25NO4. The van der Waals surface area contributed by atoms with Gasteiger partial charge in [-0.05, 0) is 29.8 Å². The standard InChI is InChI=1S/C20H25NO4/c22-18(14-21-10-12-23-13-11-21)16-25-20-8-6-19(7-9-20)24-15-17-4-2-1-3-5-17/h1-9,18,22H,10-16H2/t18-/m1/s1. The van der Waals surface area contributed by atoms with Crippen molar-refractivity contribution in [1.82, 2.24) is 4.90 Å². The summed E-state index contributed by atoms with van der Waals surface area (Å²) in [7, 11) is 0. The van der Waals surface area contributed by atoms with E-state index in [-0.39, 0.29) is 6.61 Å². The number of nitrogens with zero attached hydrogens (tertiary/aromatic N) is 1. The number of benzene rings is 2. The van der Waals surface area contributed by atoms with Crippen molar-refractivity contribution < 1.29 is 19.3 Å². The Kier molecular flexibility index (Phi) is 6.68. The molecule has 0 aliphatic carbocycles. The van der Waals surface area contributed by atoms with E-state index < -0.39 is 6.10 Å². The van der Waals surface area contributed by atoms with Gasteiger partial charge in [-0.15, -0.1) is 0 Å². The van der Waals surface area contributed by atoms with Gasteiger partial charge in [0.25, 0.3) is 0 Å². The summed E-state index contributed by atoms with van der Waals surface area (Å²) in [5.74, 6) is 1.53. The van der Waals surface area contributed by atoms with Crippen LogP contribution in [-0.4, -0.2) is 55.6 Å². The Balaban J connectivity index is 1.39. The average Bonchev–Trinajstić information content (AvgIpc) is 2.67. The Morgan fingerprint density at radius 1 is 0.920 bits per heavy atom. The second-order valence-corrected chi connectivity index (χ2v) is 6.12. The van der Waals surface area contributed by atoms with Gasteiger partial charge in [0.2, 0.25) is 0 Å². The lowest BCUT2D eigenvalue weighted by Gasteiger charge is -2.28. The molecule has 0 unspecified atom stereocenters. The van der Waals surface area contributed by atoms with E-state index in [2.05, 4.69) is 4.90 Å². The summed E-state index contributed by atoms with van der Waals surface area (Å²) in [5, 5.41) is 10.1. The van der Waals surface area contributed by atoms with Crippen molar-refractivity contribution in [3.05, 3.63) is 60.2 Å². The van der Waals surface area contributed by atoms with E-state index in [1.807, 2.05) is 54.6 Å². The first-order valence-electron chi connectivity index (χ1n) is 8.67. The molecule has 0 spiro atoms. The minimum Gasteiger partial charge on any atom is -0.491 e. The maximum Gasteiger partial charge on any atom is 0.120 e. The van der Waals surface area contributed by atoms with Gasteiger partial charge >= 0.3 is 0 Å². The van der Waals surface area contributed by atoms with Crippen LogP contribution < -0.4 is 9.47 Å². The fourth-order valence-corrected chi connectivity index (χ4v) is 2.70. The van der Waals surface area contributed by atoms with Crippen LogP contribution in [0.25, 0.3) is 0 Å². The third-order valence-electron chi connectivity index (χ3n) is 4.09. The first-order chi connectivity index (χ1) is 12.3. The van der Waals surface area contributed by atoms with E-state index in [9.17, 15) is 5.11 Å². The molecule has 2 aromatic carbocycles. The highest BCUT2D eigenvalue weighted by Gasteiger charge is 2.15. The first kappa shape index (κ1) is 17.7. The summed E-state index contributed by atoms with van der Waals surface area (Å²) < 4.78 is 16.7. The second kappa shape index (κ2) is 9.42. The molecule has 1 saturated heterocycles. The molecule has 1 N–H and O–H groups in total. The summed E-state index contributed by atoms with van der Waals surface area (Å²) in [6.45, 7) is 4.63. The molecule has 1 heterocycles. The van der Waals surface area contributed by atoms with E-state index in [0.717, 1.165) is 43.4 Å². The summed E-state index contributed by atoms with van der Waals surface area (Å²) in [5.41, 5.74) is 1.13. The van der Waals surface area contributed by atoms with Crippen LogP contribution in [0.4, 0.5) is 0 Å². The maximum atomic E-state index is 10.1. The zero-order valence-electron chi connectivity index (χ0n) is 14.3. The van der Waals surface area contributed by atoms with Crippen LogP contribution in [0.2, 0.25) is 0 Å². The SMILES string of the molecule is O[C@@H](COc1ccc(OCc2ccccc2)cc1)CN1CCOCC1. The lowest BCUT2D eigenvalue weighted by Crippen LogP contribution is -2.42. The Bertz CT molecular complexity index is 611. The van der Waals surface area contributed by atoms with Crippen molar-refractivity contribution in [2.24, 2.45) is 0 Å². The average molecular weight is 343 g/mol. The molecule has 134 valence electrons. The highest BCUT2D eigenvalue weighted by Crippen LogP contribution is 2.19. The second-order valence-electron chi connectivity index (χ2n) is 6.12. The van der Waals surface area contributed by atoms with Crippen LogP contribution in [0.5, 0.6) is 11.5 Å². The summed E-state index contributed by atoms with van der Waals surface area (Å²) in [6, 6.07) is 17.5. The normalized spacial score (nSPS) is 16.4. The van der Waals surface area contributed by atoms with Crippen LogP contribution in [0.1, 0.15) is 5.56 Å². The number of morpholine rings is 1. The van der Waals surface area contributed by atoms with Crippen molar-refractivity contribution >= 4 is 0 Å². The van der Waals surface area contributed by atoms with Gasteiger partial charge in [0.05, 0.1) is 13.2 Å². The molecule has 0 amide bonds. The lowest BCUT2D eigenvalue weighted by atomic mass is 10.2. The van der Waals surface area contributed by atoms with E-state index in [1.54, 1.807) is 0 Å². The predicted octanol–water partition coefficient (Wildman–Crippen LogP) is 2.34. The minimum atomic E-state index is -0.507. The predicted molar refractivity (Wildman–Crippen MR) is 96.0 cm³/mol. The highest BCUT2D eigenvalue weighted by atomic mass is 16.5. The van der Waals surface area contributed by atoms with Crippen LogP contribution in [0.3, 0.4) is 0 Å². The molecule has 1 fully saturated rings. The zero-order valence-corrected chi connectivity index (χ0v) is 14.3. The lowest BCUT2D eigenvalue weighted by molar-refractivity contribution is 0.00465. The number of ether oxygens (including phenoxy) is 3. The number of aliphatic hydroxyl groups excluding tert-OH is 1. The maximum absolute atomic E-state index is 10.1. The van der Waals surface area contributed by atoms with Gasteiger partial charge in [-0.25, -0.2) is 0 Å². The number of β-amino-alcohol motifs (C(OH)–C–C–N with tert-alkyl or cyclic N) is 1. The van der Waals surface area contributed by atoms with E-state index in [0.29, 0.717) is 13.2 Å². The Hall–Kier alpha value is -2.08. The van der Waals surface area contributed by atoms with Crippen molar-refractivity contribution in [2.75, 3.05) is 39.5 Å². The van der Waals surface area contributed by atoms with Crippen LogP contribution >= 0.6 is 0 Å². The summed E-state index contributed by atoms with van der Waals surface area (Å²) in [6.07, 6.45) is -0.507. The van der Waals surface area contributed by atoms with Crippen LogP contribution in [-0.2, 0) is 11.3 Å². The highest BCUT2D eigenvalue weighted by molar-refractivity contribution is 5.31. The van der Waals surface area contributed by atoms with Crippen molar-refractivity contribution in [3.63, 3.8) is 0 Å². The fraction of sp³-hybridized carbons (Fsp3) is 0.400. The van der Waals surface area contributed by atoms with Gasteiger partial charge < -0.3 is 19.3 Å². The zero-order chi connectivity index (χ0) is 17.3. The van der Waals surface area contributed by atoms with E-state index in [4.69, 9.17) is 14.2 Å². The molecule has 1 aliphatic heterocycles. The molecule has 0 saturated carbocycles. The van der Waals surface area contributed by atoms with Gasteiger partial charge in [0.1, 0.15) is 30.8 Å². The largest absolute Gasteiger partial charge is 0.491 e. The smallest absolute Gasteiger partial charge is 0.120 e. The van der Waals surface area contributed by atoms with Gasteiger partial charge in [-0.2, -0.15) is 0 Å². The van der Waals surface area contributed by atoms with Crippen molar-refractivity contribution in [1.29, 1.82) is 0 Å². The quantitative estimate of drug-likeness (QED) is 0.797. The number of aliphatic hydroxyl groups is 1. The molecule has 2 aromatic rings. The third kappa shape index (κ3) is 6.05. The van der Waals surface area contributed by atoms with E-state index >= 15 is 0 Å². The van der Waals surface area contributed by atoms with Gasteiger partial charge in [0, 0.05) is 19.6 Å². The van der Waals surface area contributed by atoms with Gasteiger partial charge in [-0.3, -0.25) is 4.90 Å². The number of hydrogen-bond acceptors (Lipinski definition) is 5. The van der Waals surface area contributed by atoms with Gasteiger partial charge in [-0.1, -0.05) is 30.3 Å². The molecule has 0 bridgehead atoms. The summed E-state index contributed by atoms with van der Waals surface area (Å²) in [4.78, 5) is 2.19. The van der Waals surface area contributed by atoms with E-state index in [1.165, 1.54) is 0 Å². The number of rotatable bonds is 8. The molecule has 1 aliphatic rings. The monoisotopic (exact) mass is 343 g/mol. The van der Waals surface area contributed by atoms with Crippen molar-refractivity contribution in [3.8, 4) is 11.5 Å².